The number of methoxy groups -OCH3 is 1. The summed E-state index contributed by atoms with van der Waals surface area (Å²) in [5, 5.41) is 2.77. The van der Waals surface area contributed by atoms with E-state index in [2.05, 4.69) is 5.32 Å². The van der Waals surface area contributed by atoms with Gasteiger partial charge in [0.2, 0.25) is 0 Å². The molecule has 0 unspecified atom stereocenters. The Bertz CT molecular complexity index is 978. The average Bonchev–Trinajstić information content (AvgIpc) is 2.64. The minimum absolute atomic E-state index is 0.0898. The second kappa shape index (κ2) is 7.70. The third kappa shape index (κ3) is 3.83. The van der Waals surface area contributed by atoms with Crippen LogP contribution in [0, 0.1) is 6.92 Å². The molecule has 0 aliphatic rings. The second-order valence-corrected chi connectivity index (χ2v) is 6.00. The first-order valence-electron chi connectivity index (χ1n) is 8.28. The van der Waals surface area contributed by atoms with Crippen molar-refractivity contribution in [2.24, 2.45) is 0 Å². The number of aryl methyl sites for hydroxylation is 1. The molecule has 2 aromatic carbocycles. The van der Waals surface area contributed by atoms with Crippen molar-refractivity contribution in [1.29, 1.82) is 0 Å². The number of benzene rings is 2. The maximum absolute atomic E-state index is 12.7. The summed E-state index contributed by atoms with van der Waals surface area (Å²) < 4.78 is 6.80. The molecule has 0 atom stereocenters. The maximum atomic E-state index is 12.7. The van der Waals surface area contributed by atoms with Crippen LogP contribution in [0.4, 0.5) is 5.69 Å². The Labute approximate surface area is 151 Å². The molecule has 1 N–H and O–H groups in total. The Morgan fingerprint density at radius 3 is 2.58 bits per heavy atom. The van der Waals surface area contributed by atoms with E-state index in [0.29, 0.717) is 18.0 Å². The van der Waals surface area contributed by atoms with Gasteiger partial charge in [0.25, 0.3) is 11.5 Å². The zero-order chi connectivity index (χ0) is 18.5. The van der Waals surface area contributed by atoms with Gasteiger partial charge in [0.1, 0.15) is 11.3 Å². The molecule has 0 aliphatic heterocycles. The third-order valence-corrected chi connectivity index (χ3v) is 4.06. The van der Waals surface area contributed by atoms with Crippen LogP contribution < -0.4 is 15.6 Å². The van der Waals surface area contributed by atoms with Gasteiger partial charge in [0.05, 0.1) is 19.3 Å². The monoisotopic (exact) mass is 348 g/mol. The molecule has 0 radical (unpaired) electrons. The van der Waals surface area contributed by atoms with Gasteiger partial charge in [-0.2, -0.15) is 0 Å². The normalized spacial score (nSPS) is 10.4. The van der Waals surface area contributed by atoms with Crippen molar-refractivity contribution >= 4 is 11.6 Å². The molecule has 0 fully saturated rings. The SMILES string of the molecule is COc1ccc(C)cc1NC(=O)c1cccn(Cc2ccccc2)c1=O. The minimum Gasteiger partial charge on any atom is -0.495 e. The molecule has 0 aliphatic carbocycles. The number of carbonyl (C=O) groups excluding carboxylic acids is 1. The van der Waals surface area contributed by atoms with Gasteiger partial charge in [0.15, 0.2) is 0 Å². The fraction of sp³-hybridized carbons (Fsp3) is 0.143. The van der Waals surface area contributed by atoms with Crippen molar-refractivity contribution in [2.45, 2.75) is 13.5 Å². The molecule has 5 nitrogen and oxygen atoms in total. The van der Waals surface area contributed by atoms with Crippen LogP contribution in [-0.4, -0.2) is 17.6 Å². The van der Waals surface area contributed by atoms with Crippen molar-refractivity contribution in [1.82, 2.24) is 4.57 Å². The number of nitrogens with one attached hydrogen (secondary N) is 1. The van der Waals surface area contributed by atoms with E-state index >= 15 is 0 Å². The number of carbonyl (C=O) groups is 1. The second-order valence-electron chi connectivity index (χ2n) is 6.00. The standard InChI is InChI=1S/C21H20N2O3/c1-15-10-11-19(26-2)18(13-15)22-20(24)17-9-6-12-23(21(17)25)14-16-7-4-3-5-8-16/h3-13H,14H2,1-2H3,(H,22,24). The van der Waals surface area contributed by atoms with E-state index in [9.17, 15) is 9.59 Å². The van der Waals surface area contributed by atoms with Crippen LogP contribution in [0.1, 0.15) is 21.5 Å². The fourth-order valence-electron chi connectivity index (χ4n) is 2.72. The topological polar surface area (TPSA) is 60.3 Å². The number of pyridine rings is 1. The van der Waals surface area contributed by atoms with E-state index in [0.717, 1.165) is 11.1 Å². The Morgan fingerprint density at radius 1 is 1.08 bits per heavy atom. The third-order valence-electron chi connectivity index (χ3n) is 4.06. The lowest BCUT2D eigenvalue weighted by Crippen LogP contribution is -2.29. The van der Waals surface area contributed by atoms with E-state index in [1.54, 1.807) is 18.3 Å². The lowest BCUT2D eigenvalue weighted by Gasteiger charge is -2.12. The summed E-state index contributed by atoms with van der Waals surface area (Å²) in [6, 6.07) is 18.4. The molecular formula is C21H20N2O3. The molecule has 26 heavy (non-hydrogen) atoms. The molecule has 3 aromatic rings. The van der Waals surface area contributed by atoms with Gasteiger partial charge in [-0.25, -0.2) is 0 Å². The summed E-state index contributed by atoms with van der Waals surface area (Å²) in [4.78, 5) is 25.3. The van der Waals surface area contributed by atoms with Gasteiger partial charge < -0.3 is 14.6 Å². The first-order chi connectivity index (χ1) is 12.6. The predicted molar refractivity (Wildman–Crippen MR) is 102 cm³/mol. The number of nitrogens with zero attached hydrogens (tertiary/aromatic N) is 1. The van der Waals surface area contributed by atoms with Gasteiger partial charge in [-0.15, -0.1) is 0 Å². The van der Waals surface area contributed by atoms with Crippen LogP contribution in [0.15, 0.2) is 71.7 Å². The van der Waals surface area contributed by atoms with Crippen LogP contribution in [0.3, 0.4) is 0 Å². The van der Waals surface area contributed by atoms with Crippen LogP contribution >= 0.6 is 0 Å². The number of rotatable bonds is 5. The molecule has 5 heteroatoms. The first kappa shape index (κ1) is 17.5. The fourth-order valence-corrected chi connectivity index (χ4v) is 2.72. The van der Waals surface area contributed by atoms with Crippen molar-refractivity contribution < 1.29 is 9.53 Å². The summed E-state index contributed by atoms with van der Waals surface area (Å²) in [7, 11) is 1.54. The summed E-state index contributed by atoms with van der Waals surface area (Å²) >= 11 is 0. The van der Waals surface area contributed by atoms with Gasteiger partial charge in [0, 0.05) is 6.20 Å². The molecule has 0 spiro atoms. The van der Waals surface area contributed by atoms with E-state index < -0.39 is 5.91 Å². The number of aromatic nitrogens is 1. The number of ether oxygens (including phenoxy) is 1. The van der Waals surface area contributed by atoms with Crippen LogP contribution in [-0.2, 0) is 6.54 Å². The minimum atomic E-state index is -0.457. The molecular weight excluding hydrogens is 328 g/mol. The predicted octanol–water partition coefficient (Wildman–Crippen LogP) is 3.47. The largest absolute Gasteiger partial charge is 0.495 e. The Hall–Kier alpha value is -3.34. The Balaban J connectivity index is 1.88. The number of hydrogen-bond acceptors (Lipinski definition) is 3. The van der Waals surface area contributed by atoms with E-state index in [1.165, 1.54) is 17.7 Å². The molecule has 0 bridgehead atoms. The highest BCUT2D eigenvalue weighted by Gasteiger charge is 2.14. The lowest BCUT2D eigenvalue weighted by atomic mass is 10.2. The zero-order valence-electron chi connectivity index (χ0n) is 14.7. The zero-order valence-corrected chi connectivity index (χ0v) is 14.7. The summed E-state index contributed by atoms with van der Waals surface area (Å²) in [5.74, 6) is 0.0887. The quantitative estimate of drug-likeness (QED) is 0.768. The molecule has 1 aromatic heterocycles. The van der Waals surface area contributed by atoms with E-state index in [-0.39, 0.29) is 11.1 Å². The highest BCUT2D eigenvalue weighted by atomic mass is 16.5. The molecule has 0 saturated heterocycles. The molecule has 132 valence electrons. The smallest absolute Gasteiger partial charge is 0.263 e. The Kier molecular flexibility index (Phi) is 5.17. The van der Waals surface area contributed by atoms with Crippen molar-refractivity contribution in [2.75, 3.05) is 12.4 Å². The highest BCUT2D eigenvalue weighted by Crippen LogP contribution is 2.25. The molecule has 1 amide bonds. The van der Waals surface area contributed by atoms with E-state index in [4.69, 9.17) is 4.74 Å². The average molecular weight is 348 g/mol. The summed E-state index contributed by atoms with van der Waals surface area (Å²) in [6.45, 7) is 2.33. The number of hydrogen-bond donors (Lipinski definition) is 1. The van der Waals surface area contributed by atoms with Gasteiger partial charge >= 0.3 is 0 Å². The summed E-state index contributed by atoms with van der Waals surface area (Å²) in [6.07, 6.45) is 1.68. The first-order valence-corrected chi connectivity index (χ1v) is 8.28. The van der Waals surface area contributed by atoms with Gasteiger partial charge in [-0.3, -0.25) is 9.59 Å². The van der Waals surface area contributed by atoms with Crippen molar-refractivity contribution in [3.63, 3.8) is 0 Å². The van der Waals surface area contributed by atoms with Crippen LogP contribution in [0.2, 0.25) is 0 Å². The van der Waals surface area contributed by atoms with Crippen LogP contribution in [0.5, 0.6) is 5.75 Å². The van der Waals surface area contributed by atoms with Gasteiger partial charge in [-0.05, 0) is 42.3 Å². The van der Waals surface area contributed by atoms with Crippen molar-refractivity contribution in [3.8, 4) is 5.75 Å². The van der Waals surface area contributed by atoms with Crippen LogP contribution in [0.25, 0.3) is 0 Å². The molecule has 3 rings (SSSR count). The molecule has 1 heterocycles. The lowest BCUT2D eigenvalue weighted by molar-refractivity contribution is 0.102. The number of amides is 1. The van der Waals surface area contributed by atoms with Crippen molar-refractivity contribution in [3.05, 3.63) is 93.9 Å². The van der Waals surface area contributed by atoms with E-state index in [1.807, 2.05) is 49.4 Å². The molecule has 0 saturated carbocycles. The Morgan fingerprint density at radius 2 is 1.85 bits per heavy atom. The number of anilines is 1. The summed E-state index contributed by atoms with van der Waals surface area (Å²) in [5.41, 5.74) is 2.27. The maximum Gasteiger partial charge on any atom is 0.263 e. The van der Waals surface area contributed by atoms with Gasteiger partial charge in [-0.1, -0.05) is 36.4 Å². The highest BCUT2D eigenvalue weighted by molar-refractivity contribution is 6.04.